The lowest BCUT2D eigenvalue weighted by molar-refractivity contribution is -0.143. The van der Waals surface area contributed by atoms with Crippen molar-refractivity contribution < 1.29 is 14.3 Å². The summed E-state index contributed by atoms with van der Waals surface area (Å²) in [6.45, 7) is 6.01. The SMILES string of the molecule is Cc1cccc(CN(C(=O)COc2cc(C)c(Cl)c(C)c2)C(Cc2ccccc2)C(=O)NC2CCCCC2)c1. The molecule has 1 aliphatic carbocycles. The van der Waals surface area contributed by atoms with Crippen LogP contribution in [0.1, 0.15) is 59.9 Å². The van der Waals surface area contributed by atoms with Crippen molar-refractivity contribution in [3.05, 3.63) is 99.6 Å². The summed E-state index contributed by atoms with van der Waals surface area (Å²) in [4.78, 5) is 29.4. The predicted octanol–water partition coefficient (Wildman–Crippen LogP) is 6.73. The van der Waals surface area contributed by atoms with Crippen LogP contribution in [0.5, 0.6) is 5.75 Å². The average molecular weight is 547 g/mol. The number of ether oxygens (including phenoxy) is 1. The Bertz CT molecular complexity index is 1250. The molecule has 1 saturated carbocycles. The first kappa shape index (κ1) is 28.7. The molecule has 3 aromatic carbocycles. The second-order valence-corrected chi connectivity index (χ2v) is 11.1. The van der Waals surface area contributed by atoms with Crippen molar-refractivity contribution in [2.75, 3.05) is 6.61 Å². The van der Waals surface area contributed by atoms with Crippen molar-refractivity contribution in [3.63, 3.8) is 0 Å². The molecule has 0 bridgehead atoms. The van der Waals surface area contributed by atoms with E-state index in [4.69, 9.17) is 16.3 Å². The average Bonchev–Trinajstić information content (AvgIpc) is 2.93. The van der Waals surface area contributed by atoms with Gasteiger partial charge in [0.05, 0.1) is 0 Å². The van der Waals surface area contributed by atoms with Crippen molar-refractivity contribution in [3.8, 4) is 5.75 Å². The smallest absolute Gasteiger partial charge is 0.261 e. The maximum Gasteiger partial charge on any atom is 0.261 e. The standard InChI is InChI=1S/C33H39ClN2O3/c1-23-11-10-14-27(17-23)21-36(31(37)22-39-29-18-24(2)32(34)25(3)19-29)30(20-26-12-6-4-7-13-26)33(38)35-28-15-8-5-9-16-28/h4,6-7,10-14,17-19,28,30H,5,8-9,15-16,20-22H2,1-3H3,(H,35,38). The lowest BCUT2D eigenvalue weighted by Gasteiger charge is -2.33. The Morgan fingerprint density at radius 1 is 0.923 bits per heavy atom. The largest absolute Gasteiger partial charge is 0.484 e. The molecule has 0 spiro atoms. The van der Waals surface area contributed by atoms with Crippen LogP contribution >= 0.6 is 11.6 Å². The Morgan fingerprint density at radius 2 is 1.59 bits per heavy atom. The zero-order valence-electron chi connectivity index (χ0n) is 23.2. The second-order valence-electron chi connectivity index (χ2n) is 10.7. The van der Waals surface area contributed by atoms with E-state index in [9.17, 15) is 9.59 Å². The number of hydrogen-bond donors (Lipinski definition) is 1. The van der Waals surface area contributed by atoms with E-state index in [1.54, 1.807) is 4.90 Å². The van der Waals surface area contributed by atoms with E-state index >= 15 is 0 Å². The summed E-state index contributed by atoms with van der Waals surface area (Å²) in [7, 11) is 0. The van der Waals surface area contributed by atoms with Gasteiger partial charge in [0, 0.05) is 24.0 Å². The van der Waals surface area contributed by atoms with E-state index in [0.29, 0.717) is 23.7 Å². The number of carbonyl (C=O) groups excluding carboxylic acids is 2. The number of benzene rings is 3. The normalized spacial score (nSPS) is 14.5. The Hall–Kier alpha value is -3.31. The van der Waals surface area contributed by atoms with Crippen LogP contribution in [0.15, 0.2) is 66.7 Å². The topological polar surface area (TPSA) is 58.6 Å². The zero-order chi connectivity index (χ0) is 27.8. The van der Waals surface area contributed by atoms with Gasteiger partial charge in [0.2, 0.25) is 5.91 Å². The number of hydrogen-bond acceptors (Lipinski definition) is 3. The van der Waals surface area contributed by atoms with Crippen molar-refractivity contribution in [1.29, 1.82) is 0 Å². The van der Waals surface area contributed by atoms with Crippen LogP contribution in [0, 0.1) is 20.8 Å². The molecule has 5 nitrogen and oxygen atoms in total. The predicted molar refractivity (Wildman–Crippen MR) is 157 cm³/mol. The number of halogens is 1. The summed E-state index contributed by atoms with van der Waals surface area (Å²) in [5.41, 5.74) is 4.88. The van der Waals surface area contributed by atoms with E-state index in [0.717, 1.165) is 53.5 Å². The van der Waals surface area contributed by atoms with E-state index < -0.39 is 6.04 Å². The molecule has 1 fully saturated rings. The van der Waals surface area contributed by atoms with Gasteiger partial charge in [-0.05, 0) is 68.0 Å². The van der Waals surface area contributed by atoms with Gasteiger partial charge in [-0.15, -0.1) is 0 Å². The van der Waals surface area contributed by atoms with E-state index in [1.165, 1.54) is 6.42 Å². The summed E-state index contributed by atoms with van der Waals surface area (Å²) in [5.74, 6) is 0.246. The fourth-order valence-electron chi connectivity index (χ4n) is 5.32. The van der Waals surface area contributed by atoms with Gasteiger partial charge < -0.3 is 15.0 Å². The molecular formula is C33H39ClN2O3. The third-order valence-electron chi connectivity index (χ3n) is 7.43. The first-order chi connectivity index (χ1) is 18.8. The van der Waals surface area contributed by atoms with Crippen LogP contribution in [0.2, 0.25) is 5.02 Å². The third kappa shape index (κ3) is 8.09. The third-order valence-corrected chi connectivity index (χ3v) is 8.03. The number of nitrogens with one attached hydrogen (secondary N) is 1. The highest BCUT2D eigenvalue weighted by molar-refractivity contribution is 6.32. The van der Waals surface area contributed by atoms with Gasteiger partial charge in [-0.3, -0.25) is 9.59 Å². The van der Waals surface area contributed by atoms with Gasteiger partial charge in [0.15, 0.2) is 6.61 Å². The Morgan fingerprint density at radius 3 is 2.26 bits per heavy atom. The highest BCUT2D eigenvalue weighted by Gasteiger charge is 2.32. The Labute approximate surface area is 237 Å². The number of rotatable bonds is 10. The van der Waals surface area contributed by atoms with E-state index in [1.807, 2.05) is 81.4 Å². The summed E-state index contributed by atoms with van der Waals surface area (Å²) < 4.78 is 5.98. The number of aryl methyl sites for hydroxylation is 3. The molecule has 6 heteroatoms. The molecule has 206 valence electrons. The Kier molecular flexibility index (Phi) is 10.0. The molecule has 1 N–H and O–H groups in total. The second kappa shape index (κ2) is 13.7. The minimum absolute atomic E-state index is 0.107. The minimum Gasteiger partial charge on any atom is -0.484 e. The quantitative estimate of drug-likeness (QED) is 0.306. The summed E-state index contributed by atoms with van der Waals surface area (Å²) in [5, 5.41) is 3.97. The van der Waals surface area contributed by atoms with Gasteiger partial charge >= 0.3 is 0 Å². The van der Waals surface area contributed by atoms with Gasteiger partial charge in [-0.1, -0.05) is 91.0 Å². The highest BCUT2D eigenvalue weighted by Crippen LogP contribution is 2.26. The summed E-state index contributed by atoms with van der Waals surface area (Å²) in [6, 6.07) is 21.1. The van der Waals surface area contributed by atoms with Gasteiger partial charge in [-0.25, -0.2) is 0 Å². The molecule has 1 aliphatic rings. The molecule has 0 heterocycles. The highest BCUT2D eigenvalue weighted by atomic mass is 35.5. The van der Waals surface area contributed by atoms with Crippen molar-refractivity contribution in [2.24, 2.45) is 0 Å². The van der Waals surface area contributed by atoms with E-state index in [2.05, 4.69) is 11.4 Å². The first-order valence-electron chi connectivity index (χ1n) is 13.9. The van der Waals surface area contributed by atoms with Crippen LogP contribution in [0.4, 0.5) is 0 Å². The molecule has 4 rings (SSSR count). The van der Waals surface area contributed by atoms with Crippen LogP contribution < -0.4 is 10.1 Å². The van der Waals surface area contributed by atoms with Crippen molar-refractivity contribution >= 4 is 23.4 Å². The summed E-state index contributed by atoms with van der Waals surface area (Å²) in [6.07, 6.45) is 5.83. The maximum atomic E-state index is 13.9. The molecule has 0 radical (unpaired) electrons. The van der Waals surface area contributed by atoms with Gasteiger partial charge in [0.1, 0.15) is 11.8 Å². The van der Waals surface area contributed by atoms with Crippen molar-refractivity contribution in [1.82, 2.24) is 10.2 Å². The van der Waals surface area contributed by atoms with E-state index in [-0.39, 0.29) is 24.5 Å². The first-order valence-corrected chi connectivity index (χ1v) is 14.3. The number of nitrogens with zero attached hydrogens (tertiary/aromatic N) is 1. The Balaban J connectivity index is 1.62. The molecule has 2 amide bonds. The lowest BCUT2D eigenvalue weighted by atomic mass is 9.94. The van der Waals surface area contributed by atoms with Gasteiger partial charge in [-0.2, -0.15) is 0 Å². The molecule has 0 saturated heterocycles. The van der Waals surface area contributed by atoms with Crippen molar-refractivity contribution in [2.45, 2.75) is 77.9 Å². The van der Waals surface area contributed by atoms with Crippen LogP contribution in [-0.2, 0) is 22.6 Å². The molecule has 39 heavy (non-hydrogen) atoms. The molecule has 3 aromatic rings. The van der Waals surface area contributed by atoms with Crippen LogP contribution in [-0.4, -0.2) is 35.4 Å². The number of amides is 2. The number of carbonyl (C=O) groups is 2. The van der Waals surface area contributed by atoms with Crippen LogP contribution in [0.25, 0.3) is 0 Å². The fraction of sp³-hybridized carbons (Fsp3) is 0.394. The van der Waals surface area contributed by atoms with Crippen LogP contribution in [0.3, 0.4) is 0 Å². The minimum atomic E-state index is -0.667. The maximum absolute atomic E-state index is 13.9. The molecule has 0 aliphatic heterocycles. The molecular weight excluding hydrogens is 508 g/mol. The molecule has 1 atom stereocenters. The molecule has 0 aromatic heterocycles. The molecule has 1 unspecified atom stereocenters. The lowest BCUT2D eigenvalue weighted by Crippen LogP contribution is -2.53. The monoisotopic (exact) mass is 546 g/mol. The zero-order valence-corrected chi connectivity index (χ0v) is 24.0. The summed E-state index contributed by atoms with van der Waals surface area (Å²) >= 11 is 6.32. The van der Waals surface area contributed by atoms with Gasteiger partial charge in [0.25, 0.3) is 5.91 Å². The fourth-order valence-corrected chi connectivity index (χ4v) is 5.43.